The van der Waals surface area contributed by atoms with Gasteiger partial charge in [-0.1, -0.05) is 32.4 Å². The number of amides is 1. The van der Waals surface area contributed by atoms with E-state index in [2.05, 4.69) is 14.7 Å². The molecule has 2 aliphatic heterocycles. The summed E-state index contributed by atoms with van der Waals surface area (Å²) in [6.45, 7) is 7.12. The van der Waals surface area contributed by atoms with Gasteiger partial charge in [0.25, 0.3) is 0 Å². The molecule has 0 N–H and O–H groups in total. The number of halogens is 4. The molecule has 1 amide bonds. The van der Waals surface area contributed by atoms with Crippen molar-refractivity contribution in [3.8, 4) is 17.0 Å². The summed E-state index contributed by atoms with van der Waals surface area (Å²) in [5, 5.41) is 0.819. The topological polar surface area (TPSA) is 72.6 Å². The highest BCUT2D eigenvalue weighted by Crippen LogP contribution is 2.41. The Morgan fingerprint density at radius 1 is 1.18 bits per heavy atom. The predicted molar refractivity (Wildman–Crippen MR) is 145 cm³/mol. The van der Waals surface area contributed by atoms with Gasteiger partial charge >= 0.3 is 6.36 Å². The van der Waals surface area contributed by atoms with Crippen LogP contribution in [0.15, 0.2) is 29.5 Å². The van der Waals surface area contributed by atoms with Crippen LogP contribution in [-0.4, -0.2) is 51.0 Å². The molecule has 2 aromatic heterocycles. The van der Waals surface area contributed by atoms with E-state index in [4.69, 9.17) is 16.6 Å². The van der Waals surface area contributed by atoms with E-state index < -0.39 is 11.8 Å². The van der Waals surface area contributed by atoms with Gasteiger partial charge in [-0.05, 0) is 54.9 Å². The molecule has 0 spiro atoms. The Bertz CT molecular complexity index is 1400. The average molecular weight is 580 g/mol. The number of fused-ring (bicyclic) bond motifs is 1. The number of hydrogen-bond acceptors (Lipinski definition) is 6. The van der Waals surface area contributed by atoms with E-state index in [1.54, 1.807) is 10.9 Å². The molecule has 0 radical (unpaired) electrons. The highest BCUT2D eigenvalue weighted by atomic mass is 35.5. The minimum atomic E-state index is -4.80. The molecule has 5 rings (SSSR count). The van der Waals surface area contributed by atoms with E-state index >= 15 is 0 Å². The van der Waals surface area contributed by atoms with E-state index in [1.807, 2.05) is 38.0 Å². The number of carbonyl (C=O) groups is 1. The highest BCUT2D eigenvalue weighted by Gasteiger charge is 2.33. The zero-order valence-corrected chi connectivity index (χ0v) is 23.5. The van der Waals surface area contributed by atoms with E-state index in [1.165, 1.54) is 23.5 Å². The second kappa shape index (κ2) is 10.6. The third-order valence-corrected chi connectivity index (χ3v) is 8.41. The first-order chi connectivity index (χ1) is 18.4. The molecule has 0 saturated carbocycles. The van der Waals surface area contributed by atoms with E-state index in [-0.39, 0.29) is 24.1 Å². The molecule has 0 bridgehead atoms. The van der Waals surface area contributed by atoms with Crippen molar-refractivity contribution in [1.29, 1.82) is 0 Å². The average Bonchev–Trinajstić information content (AvgIpc) is 3.46. The predicted octanol–water partition coefficient (Wildman–Crippen LogP) is 6.91. The fraction of sp³-hybridized carbons (Fsp3) is 0.481. The van der Waals surface area contributed by atoms with Gasteiger partial charge in [0, 0.05) is 30.8 Å². The second-order valence-corrected chi connectivity index (χ2v) is 12.5. The number of thiazole rings is 1. The molecule has 1 saturated heterocycles. The lowest BCUT2D eigenvalue weighted by Crippen LogP contribution is -2.39. The van der Waals surface area contributed by atoms with Crippen molar-refractivity contribution in [2.24, 2.45) is 4.99 Å². The lowest BCUT2D eigenvalue weighted by Gasteiger charge is -2.31. The van der Waals surface area contributed by atoms with E-state index in [0.717, 1.165) is 42.2 Å². The molecular weight excluding hydrogens is 551 g/mol. The zero-order valence-electron chi connectivity index (χ0n) is 21.9. The summed E-state index contributed by atoms with van der Waals surface area (Å²) in [4.78, 5) is 28.4. The van der Waals surface area contributed by atoms with Crippen molar-refractivity contribution >= 4 is 40.9 Å². The van der Waals surface area contributed by atoms with Gasteiger partial charge < -0.3 is 14.2 Å². The van der Waals surface area contributed by atoms with Crippen LogP contribution in [0.25, 0.3) is 11.3 Å². The maximum atomic E-state index is 13.0. The van der Waals surface area contributed by atoms with Crippen molar-refractivity contribution in [3.05, 3.63) is 45.1 Å². The summed E-state index contributed by atoms with van der Waals surface area (Å²) < 4.78 is 45.5. The maximum Gasteiger partial charge on any atom is 0.573 e. The molecule has 1 aromatic carbocycles. The summed E-state index contributed by atoms with van der Waals surface area (Å²) >= 11 is 7.91. The van der Waals surface area contributed by atoms with Gasteiger partial charge in [0.2, 0.25) is 5.91 Å². The number of ether oxygens (including phenoxy) is 1. The van der Waals surface area contributed by atoms with Crippen LogP contribution in [0.4, 0.5) is 19.0 Å². The Labute approximate surface area is 233 Å². The van der Waals surface area contributed by atoms with Crippen LogP contribution in [-0.2, 0) is 23.2 Å². The van der Waals surface area contributed by atoms with Crippen LogP contribution in [0.2, 0.25) is 4.34 Å². The molecule has 39 heavy (non-hydrogen) atoms. The van der Waals surface area contributed by atoms with Gasteiger partial charge in [0.15, 0.2) is 5.82 Å². The summed E-state index contributed by atoms with van der Waals surface area (Å²) in [7, 11) is 0. The molecule has 4 heterocycles. The molecule has 2 aliphatic rings. The van der Waals surface area contributed by atoms with Crippen molar-refractivity contribution in [1.82, 2.24) is 19.4 Å². The lowest BCUT2D eigenvalue weighted by atomic mass is 9.85. The molecular formula is C27H29ClF3N5O2S. The zero-order chi connectivity index (χ0) is 27.9. The minimum absolute atomic E-state index is 0.0171. The van der Waals surface area contributed by atoms with Gasteiger partial charge in [0.05, 0.1) is 17.0 Å². The number of carbonyl (C=O) groups excluding carboxylic acids is 1. The Morgan fingerprint density at radius 3 is 2.62 bits per heavy atom. The smallest absolute Gasteiger partial charge is 0.406 e. The molecule has 0 unspecified atom stereocenters. The van der Waals surface area contributed by atoms with Gasteiger partial charge in [-0.3, -0.25) is 4.79 Å². The number of aryl methyl sites for hydroxylation is 1. The third-order valence-electron chi connectivity index (χ3n) is 6.99. The van der Waals surface area contributed by atoms with Crippen LogP contribution in [0.5, 0.6) is 5.75 Å². The summed E-state index contributed by atoms with van der Waals surface area (Å²) in [5.41, 5.74) is 2.12. The number of piperidine rings is 1. The number of imidazole rings is 1. The van der Waals surface area contributed by atoms with Crippen LogP contribution in [0.1, 0.15) is 62.2 Å². The summed E-state index contributed by atoms with van der Waals surface area (Å²) in [6, 6.07) is 4.54. The van der Waals surface area contributed by atoms with Crippen molar-refractivity contribution in [2.45, 2.75) is 70.7 Å². The first-order valence-corrected chi connectivity index (χ1v) is 14.0. The third kappa shape index (κ3) is 6.30. The van der Waals surface area contributed by atoms with Crippen LogP contribution >= 0.6 is 22.9 Å². The molecule has 208 valence electrons. The van der Waals surface area contributed by atoms with Crippen molar-refractivity contribution < 1.29 is 22.7 Å². The molecule has 7 nitrogen and oxygen atoms in total. The van der Waals surface area contributed by atoms with Crippen LogP contribution in [0, 0.1) is 0 Å². The number of nitrogens with zero attached hydrogens (tertiary/aromatic N) is 5. The summed E-state index contributed by atoms with van der Waals surface area (Å²) in [5.74, 6) is 0.581. The van der Waals surface area contributed by atoms with Crippen LogP contribution in [0.3, 0.4) is 0 Å². The van der Waals surface area contributed by atoms with E-state index in [9.17, 15) is 18.0 Å². The number of aliphatic imine (C=N–C) groups is 1. The van der Waals surface area contributed by atoms with Gasteiger partial charge in [0.1, 0.15) is 22.3 Å². The molecule has 12 heteroatoms. The Morgan fingerprint density at radius 2 is 1.92 bits per heavy atom. The minimum Gasteiger partial charge on any atom is -0.406 e. The van der Waals surface area contributed by atoms with Gasteiger partial charge in [-0.2, -0.15) is 0 Å². The molecule has 3 aromatic rings. The number of likely N-dealkylation sites (tertiary alicyclic amines) is 1. The maximum absolute atomic E-state index is 13.0. The standard InChI is InChI=1S/C27H29ClF3N5O2S/c1-26(2,3)18-11-17(12-19(13-18)38-27(29,30)31)22-23(28)39-25(34-22)16-6-9-35(10-7-16)21(37)14-36-15-33-20-5-4-8-32-24(20)36/h8,11-13,15-16H,4-7,9-10,14H2,1-3H3. The number of rotatable bonds is 5. The Hall–Kier alpha value is -2.92. The number of aromatic nitrogens is 3. The molecule has 1 fully saturated rings. The fourth-order valence-corrected chi connectivity index (χ4v) is 6.23. The molecule has 0 atom stereocenters. The highest BCUT2D eigenvalue weighted by molar-refractivity contribution is 7.16. The first-order valence-electron chi connectivity index (χ1n) is 12.8. The number of alkyl halides is 3. The van der Waals surface area contributed by atoms with Gasteiger partial charge in [-0.25, -0.2) is 15.0 Å². The van der Waals surface area contributed by atoms with E-state index in [0.29, 0.717) is 34.2 Å². The monoisotopic (exact) mass is 579 g/mol. The van der Waals surface area contributed by atoms with Crippen molar-refractivity contribution in [3.63, 3.8) is 0 Å². The van der Waals surface area contributed by atoms with Gasteiger partial charge in [-0.15, -0.1) is 24.5 Å². The normalized spacial score (nSPS) is 16.4. The lowest BCUT2D eigenvalue weighted by molar-refractivity contribution is -0.274. The first kappa shape index (κ1) is 27.6. The Balaban J connectivity index is 1.29. The van der Waals surface area contributed by atoms with Crippen molar-refractivity contribution in [2.75, 3.05) is 13.1 Å². The quantitative estimate of drug-likeness (QED) is 0.329. The fourth-order valence-electron chi connectivity index (χ4n) is 4.86. The Kier molecular flexibility index (Phi) is 7.49. The van der Waals surface area contributed by atoms with Crippen LogP contribution < -0.4 is 4.74 Å². The SMILES string of the molecule is CC(C)(C)c1cc(OC(F)(F)F)cc(-c2nc(C3CCN(C(=O)Cn4cnc5c4N=CCC5)CC3)sc2Cl)c1. The number of hydrogen-bond donors (Lipinski definition) is 0. The second-order valence-electron chi connectivity index (χ2n) is 10.9. The summed E-state index contributed by atoms with van der Waals surface area (Å²) in [6.07, 6.45) is 1.86. The largest absolute Gasteiger partial charge is 0.573 e. The number of benzene rings is 1. The molecule has 0 aliphatic carbocycles.